The summed E-state index contributed by atoms with van der Waals surface area (Å²) >= 11 is 0. The zero-order valence-electron chi connectivity index (χ0n) is 23.2. The summed E-state index contributed by atoms with van der Waals surface area (Å²) in [5.74, 6) is 1.59. The van der Waals surface area contributed by atoms with Gasteiger partial charge in [-0.3, -0.25) is 15.3 Å². The van der Waals surface area contributed by atoms with Crippen molar-refractivity contribution in [2.75, 3.05) is 50.0 Å². The molecule has 5 aliphatic rings. The largest absolute Gasteiger partial charge is 0.379 e. The highest BCUT2D eigenvalue weighted by Crippen LogP contribution is 2.41. The third kappa shape index (κ3) is 5.28. The number of aromatic nitrogens is 2. The zero-order valence-corrected chi connectivity index (χ0v) is 24.0. The van der Waals surface area contributed by atoms with Gasteiger partial charge in [0.25, 0.3) is 10.2 Å². The molecule has 4 N–H and O–H groups in total. The Bertz CT molecular complexity index is 1310. The molecule has 2 aromatic rings. The Morgan fingerprint density at radius 2 is 1.77 bits per heavy atom. The molecule has 0 amide bonds. The highest BCUT2D eigenvalue weighted by atomic mass is 32.2. The summed E-state index contributed by atoms with van der Waals surface area (Å²) < 4.78 is 35.5. The second-order valence-electron chi connectivity index (χ2n) is 12.0. The molecule has 40 heavy (non-hydrogen) atoms. The topological polar surface area (TPSA) is 127 Å². The van der Waals surface area contributed by atoms with Gasteiger partial charge in [-0.25, -0.2) is 10.4 Å². The van der Waals surface area contributed by atoms with Gasteiger partial charge in [-0.2, -0.15) is 17.0 Å². The van der Waals surface area contributed by atoms with E-state index in [1.54, 1.807) is 4.31 Å². The summed E-state index contributed by atoms with van der Waals surface area (Å²) in [5.41, 5.74) is 8.51. The first kappa shape index (κ1) is 26.7. The summed E-state index contributed by atoms with van der Waals surface area (Å²) in [6.07, 6.45) is 5.42. The van der Waals surface area contributed by atoms with E-state index in [-0.39, 0.29) is 24.3 Å². The maximum atomic E-state index is 13.3. The van der Waals surface area contributed by atoms with Gasteiger partial charge in [0.1, 0.15) is 11.6 Å². The summed E-state index contributed by atoms with van der Waals surface area (Å²) in [4.78, 5) is 12.5. The average molecular weight is 572 g/mol. The second-order valence-corrected chi connectivity index (χ2v) is 13.9. The first-order chi connectivity index (χ1) is 19.4. The van der Waals surface area contributed by atoms with E-state index in [0.717, 1.165) is 99.6 Å². The molecular weight excluding hydrogens is 530 g/mol. The molecule has 5 atom stereocenters. The Hall–Kier alpha value is -2.13. The van der Waals surface area contributed by atoms with Crippen LogP contribution in [0.25, 0.3) is 10.9 Å². The number of hydrogen-bond donors (Lipinski definition) is 4. The van der Waals surface area contributed by atoms with Gasteiger partial charge in [-0.15, -0.1) is 0 Å². The third-order valence-electron chi connectivity index (χ3n) is 9.06. The molecule has 2 bridgehead atoms. The second kappa shape index (κ2) is 10.9. The average Bonchev–Trinajstić information content (AvgIpc) is 3.43. The molecule has 5 fully saturated rings. The number of rotatable bonds is 8. The molecule has 12 nitrogen and oxygen atoms in total. The number of hydrazine groups is 1. The van der Waals surface area contributed by atoms with Crippen LogP contribution in [0.5, 0.6) is 0 Å². The van der Waals surface area contributed by atoms with Gasteiger partial charge in [-0.1, -0.05) is 0 Å². The Labute approximate surface area is 236 Å². The van der Waals surface area contributed by atoms with Gasteiger partial charge in [-0.05, 0) is 57.6 Å². The van der Waals surface area contributed by atoms with Gasteiger partial charge in [0.15, 0.2) is 0 Å². The van der Waals surface area contributed by atoms with E-state index in [1.807, 2.05) is 10.4 Å². The molecule has 7 rings (SSSR count). The van der Waals surface area contributed by atoms with Crippen LogP contribution in [0.1, 0.15) is 51.1 Å². The molecule has 13 heteroatoms. The monoisotopic (exact) mass is 571 g/mol. The Balaban J connectivity index is 1.13. The molecule has 0 aliphatic carbocycles. The van der Waals surface area contributed by atoms with Crippen molar-refractivity contribution in [3.8, 4) is 0 Å². The van der Waals surface area contributed by atoms with E-state index < -0.39 is 10.2 Å². The highest BCUT2D eigenvalue weighted by molar-refractivity contribution is 7.86. The fourth-order valence-electron chi connectivity index (χ4n) is 6.89. The third-order valence-corrected chi connectivity index (χ3v) is 11.2. The van der Waals surface area contributed by atoms with Gasteiger partial charge >= 0.3 is 0 Å². The van der Waals surface area contributed by atoms with Crippen LogP contribution in [0.4, 0.5) is 11.6 Å². The van der Waals surface area contributed by atoms with Crippen LogP contribution >= 0.6 is 0 Å². The van der Waals surface area contributed by atoms with E-state index in [1.165, 1.54) is 0 Å². The van der Waals surface area contributed by atoms with Crippen molar-refractivity contribution < 1.29 is 13.2 Å². The number of ether oxygens (including phenoxy) is 1. The van der Waals surface area contributed by atoms with Crippen molar-refractivity contribution in [2.45, 2.75) is 82.3 Å². The van der Waals surface area contributed by atoms with Crippen LogP contribution in [-0.2, 0) is 21.5 Å². The number of hydrogen-bond acceptors (Lipinski definition) is 10. The maximum Gasteiger partial charge on any atom is 0.282 e. The number of piperidine rings is 1. The lowest BCUT2D eigenvalue weighted by Crippen LogP contribution is -2.57. The summed E-state index contributed by atoms with van der Waals surface area (Å²) in [5, 5.41) is 8.27. The van der Waals surface area contributed by atoms with Gasteiger partial charge in [0, 0.05) is 68.3 Å². The van der Waals surface area contributed by atoms with Crippen LogP contribution in [0.3, 0.4) is 0 Å². The molecule has 218 valence electrons. The molecule has 3 unspecified atom stereocenters. The lowest BCUT2D eigenvalue weighted by Gasteiger charge is -2.42. The lowest BCUT2D eigenvalue weighted by atomic mass is 9.99. The Kier molecular flexibility index (Phi) is 7.31. The van der Waals surface area contributed by atoms with E-state index >= 15 is 0 Å². The number of nitrogens with one attached hydrogen (secondary N) is 4. The molecule has 2 aromatic heterocycles. The number of nitrogens with zero attached hydrogens (tertiary/aromatic N) is 5. The molecule has 5 saturated heterocycles. The number of morpholine rings is 1. The first-order valence-corrected chi connectivity index (χ1v) is 16.3. The van der Waals surface area contributed by atoms with Crippen LogP contribution in [-0.4, -0.2) is 102 Å². The van der Waals surface area contributed by atoms with E-state index in [9.17, 15) is 8.42 Å². The predicted molar refractivity (Wildman–Crippen MR) is 154 cm³/mol. The van der Waals surface area contributed by atoms with Crippen molar-refractivity contribution in [3.63, 3.8) is 0 Å². The molecule has 0 spiro atoms. The summed E-state index contributed by atoms with van der Waals surface area (Å²) in [6, 6.07) is 6.90. The number of pyridine rings is 2. The van der Waals surface area contributed by atoms with E-state index in [4.69, 9.17) is 14.7 Å². The van der Waals surface area contributed by atoms with Gasteiger partial charge in [0.2, 0.25) is 0 Å². The number of fused-ring (bicyclic) bond motifs is 3. The Morgan fingerprint density at radius 1 is 1.00 bits per heavy atom. The van der Waals surface area contributed by atoms with Crippen molar-refractivity contribution in [1.29, 1.82) is 0 Å². The highest BCUT2D eigenvalue weighted by Gasteiger charge is 2.49. The summed E-state index contributed by atoms with van der Waals surface area (Å²) in [7, 11) is -3.36. The van der Waals surface area contributed by atoms with Crippen molar-refractivity contribution in [3.05, 3.63) is 23.9 Å². The minimum absolute atomic E-state index is 0.0444. The quantitative estimate of drug-likeness (QED) is 0.370. The minimum atomic E-state index is -3.36. The molecule has 5 aliphatic heterocycles. The van der Waals surface area contributed by atoms with Gasteiger partial charge in [0.05, 0.1) is 30.6 Å². The molecule has 0 radical (unpaired) electrons. The fraction of sp³-hybridized carbons (Fsp3) is 0.704. The van der Waals surface area contributed by atoms with E-state index in [2.05, 4.69) is 45.4 Å². The first-order valence-electron chi connectivity index (χ1n) is 14.9. The fourth-order valence-corrected chi connectivity index (χ4v) is 9.01. The van der Waals surface area contributed by atoms with Crippen molar-refractivity contribution in [1.82, 2.24) is 34.3 Å². The lowest BCUT2D eigenvalue weighted by molar-refractivity contribution is 0.0337. The standard InChI is InChI=1S/C27H41N9O3S/c1-18-13-26(33-32-18)30-25-16-24-23(6-3-19(28-24)17-34-9-11-39-12-10-34)27(31-25)29-20-14-21-4-5-22(15-20)36(21)40(37,38)35-7-2-8-35/h3,6,16,18,20-22,26,32-33H,2,4-5,7-15,17H2,1H3,(H2,29,30,31)/t18?,20?,21-,22+,26?. The zero-order chi connectivity index (χ0) is 27.3. The minimum Gasteiger partial charge on any atom is -0.379 e. The molecular formula is C27H41N9O3S. The normalized spacial score (nSPS) is 31.9. The molecule has 7 heterocycles. The Morgan fingerprint density at radius 3 is 2.45 bits per heavy atom. The molecule has 0 saturated carbocycles. The molecule has 0 aromatic carbocycles. The van der Waals surface area contributed by atoms with Crippen LogP contribution in [0.2, 0.25) is 0 Å². The van der Waals surface area contributed by atoms with Crippen LogP contribution in [0, 0.1) is 0 Å². The number of anilines is 2. The van der Waals surface area contributed by atoms with Crippen LogP contribution < -0.4 is 21.5 Å². The maximum absolute atomic E-state index is 13.3. The van der Waals surface area contributed by atoms with Gasteiger partial charge < -0.3 is 15.4 Å². The smallest absolute Gasteiger partial charge is 0.282 e. The SMILES string of the molecule is CC1CC(Nc2cc3nc(CN4CCOCC4)ccc3c(NC3C[C@H]4CC[C@@H](C3)N4S(=O)(=O)N3CCC3)n2)NN1. The van der Waals surface area contributed by atoms with Crippen molar-refractivity contribution >= 4 is 32.7 Å². The predicted octanol–water partition coefficient (Wildman–Crippen LogP) is 1.44. The van der Waals surface area contributed by atoms with E-state index in [0.29, 0.717) is 19.1 Å². The van der Waals surface area contributed by atoms with Crippen LogP contribution in [0.15, 0.2) is 18.2 Å². The van der Waals surface area contributed by atoms with Crippen molar-refractivity contribution in [2.24, 2.45) is 0 Å². The summed E-state index contributed by atoms with van der Waals surface area (Å²) in [6.45, 7) is 7.62.